The number of hydrogen-bond donors (Lipinski definition) is 1. The number of halogens is 2. The highest BCUT2D eigenvalue weighted by Gasteiger charge is 2.30. The molecule has 0 radical (unpaired) electrons. The van der Waals surface area contributed by atoms with Crippen LogP contribution in [-0.4, -0.2) is 36.4 Å². The zero-order valence-electron chi connectivity index (χ0n) is 19.8. The lowest BCUT2D eigenvalue weighted by Crippen LogP contribution is -2.51. The van der Waals surface area contributed by atoms with Gasteiger partial charge in [0.05, 0.1) is 4.47 Å². The van der Waals surface area contributed by atoms with Crippen molar-refractivity contribution in [3.05, 3.63) is 111 Å². The molecule has 0 saturated heterocycles. The Kier molecular flexibility index (Phi) is 8.78. The number of rotatable bonds is 9. The first-order chi connectivity index (χ1) is 17.5. The maximum atomic E-state index is 13.6. The van der Waals surface area contributed by atoms with Crippen LogP contribution in [0.25, 0.3) is 10.8 Å². The van der Waals surface area contributed by atoms with E-state index in [0.29, 0.717) is 12.2 Å². The lowest BCUT2D eigenvalue weighted by atomic mass is 10.0. The summed E-state index contributed by atoms with van der Waals surface area (Å²) in [5.74, 6) is 0.0673. The van der Waals surface area contributed by atoms with E-state index in [1.54, 1.807) is 11.9 Å². The average Bonchev–Trinajstić information content (AvgIpc) is 2.90. The van der Waals surface area contributed by atoms with Crippen LogP contribution in [0.2, 0.25) is 0 Å². The Balaban J connectivity index is 1.62. The van der Waals surface area contributed by atoms with E-state index in [1.165, 1.54) is 0 Å². The molecular formula is C29H26Br2N2O3. The van der Waals surface area contributed by atoms with Crippen molar-refractivity contribution >= 4 is 54.4 Å². The molecule has 7 heteroatoms. The molecule has 0 saturated carbocycles. The molecule has 0 aliphatic heterocycles. The van der Waals surface area contributed by atoms with Crippen LogP contribution in [0.15, 0.2) is 99.9 Å². The van der Waals surface area contributed by atoms with Crippen LogP contribution in [0.5, 0.6) is 5.75 Å². The van der Waals surface area contributed by atoms with E-state index < -0.39 is 6.04 Å². The van der Waals surface area contributed by atoms with Gasteiger partial charge in [-0.05, 0) is 56.0 Å². The minimum Gasteiger partial charge on any atom is -0.483 e. The fourth-order valence-electron chi connectivity index (χ4n) is 4.10. The monoisotopic (exact) mass is 608 g/mol. The third-order valence-electron chi connectivity index (χ3n) is 5.94. The van der Waals surface area contributed by atoms with Crippen LogP contribution in [0.1, 0.15) is 11.1 Å². The molecule has 4 aromatic rings. The summed E-state index contributed by atoms with van der Waals surface area (Å²) in [5, 5.41) is 4.80. The predicted molar refractivity (Wildman–Crippen MR) is 150 cm³/mol. The zero-order chi connectivity index (χ0) is 25.5. The van der Waals surface area contributed by atoms with Gasteiger partial charge in [-0.3, -0.25) is 9.59 Å². The SMILES string of the molecule is CNC(=O)C(Cc1ccccc1)N(Cc1cccc(Br)c1)C(=O)COc1ccc2ccccc2c1Br. The van der Waals surface area contributed by atoms with Crippen LogP contribution in [-0.2, 0) is 22.6 Å². The number of nitrogens with one attached hydrogen (secondary N) is 1. The molecule has 0 fully saturated rings. The second-order valence-corrected chi connectivity index (χ2v) is 10.1. The van der Waals surface area contributed by atoms with Crippen LogP contribution in [0.3, 0.4) is 0 Å². The van der Waals surface area contributed by atoms with E-state index in [0.717, 1.165) is 30.8 Å². The molecule has 5 nitrogen and oxygen atoms in total. The van der Waals surface area contributed by atoms with Crippen molar-refractivity contribution in [3.63, 3.8) is 0 Å². The molecule has 0 spiro atoms. The van der Waals surface area contributed by atoms with Crippen molar-refractivity contribution in [1.29, 1.82) is 0 Å². The number of carbonyl (C=O) groups is 2. The van der Waals surface area contributed by atoms with E-state index in [-0.39, 0.29) is 25.0 Å². The van der Waals surface area contributed by atoms with Crippen molar-refractivity contribution in [2.24, 2.45) is 0 Å². The molecule has 184 valence electrons. The zero-order valence-corrected chi connectivity index (χ0v) is 23.0. The summed E-state index contributed by atoms with van der Waals surface area (Å²) in [7, 11) is 1.59. The average molecular weight is 610 g/mol. The number of amides is 2. The van der Waals surface area contributed by atoms with Crippen LogP contribution < -0.4 is 10.1 Å². The van der Waals surface area contributed by atoms with Crippen molar-refractivity contribution in [1.82, 2.24) is 10.2 Å². The standard InChI is InChI=1S/C29H26Br2N2O3/c1-32-29(35)25(17-20-8-3-2-4-9-20)33(18-21-10-7-12-23(30)16-21)27(34)19-36-26-15-14-22-11-5-6-13-24(22)28(26)31/h2-16,25H,17-19H2,1H3,(H,32,35). The number of fused-ring (bicyclic) bond motifs is 1. The van der Waals surface area contributed by atoms with Gasteiger partial charge in [-0.15, -0.1) is 0 Å². The van der Waals surface area contributed by atoms with Gasteiger partial charge in [-0.2, -0.15) is 0 Å². The molecule has 0 heterocycles. The Labute approximate surface area is 227 Å². The molecule has 0 aromatic heterocycles. The molecule has 0 bridgehead atoms. The first-order valence-electron chi connectivity index (χ1n) is 11.6. The Morgan fingerprint density at radius 1 is 0.889 bits per heavy atom. The van der Waals surface area contributed by atoms with Crippen molar-refractivity contribution in [2.45, 2.75) is 19.0 Å². The van der Waals surface area contributed by atoms with Crippen LogP contribution in [0.4, 0.5) is 0 Å². The lowest BCUT2D eigenvalue weighted by molar-refractivity contribution is -0.142. The van der Waals surface area contributed by atoms with Gasteiger partial charge in [-0.1, -0.05) is 88.7 Å². The van der Waals surface area contributed by atoms with Crippen molar-refractivity contribution in [2.75, 3.05) is 13.7 Å². The predicted octanol–water partition coefficient (Wildman–Crippen LogP) is 6.13. The number of nitrogens with zero attached hydrogens (tertiary/aromatic N) is 1. The van der Waals surface area contributed by atoms with E-state index in [9.17, 15) is 9.59 Å². The minimum atomic E-state index is -0.701. The molecule has 4 rings (SSSR count). The summed E-state index contributed by atoms with van der Waals surface area (Å²) in [4.78, 5) is 28.3. The highest BCUT2D eigenvalue weighted by molar-refractivity contribution is 9.11. The molecule has 0 aliphatic rings. The van der Waals surface area contributed by atoms with E-state index in [1.807, 2.05) is 91.0 Å². The topological polar surface area (TPSA) is 58.6 Å². The first kappa shape index (κ1) is 25.9. The van der Waals surface area contributed by atoms with Crippen LogP contribution in [0, 0.1) is 0 Å². The molecule has 36 heavy (non-hydrogen) atoms. The van der Waals surface area contributed by atoms with Gasteiger partial charge in [0, 0.05) is 24.5 Å². The first-order valence-corrected chi connectivity index (χ1v) is 13.1. The summed E-state index contributed by atoms with van der Waals surface area (Å²) >= 11 is 7.12. The summed E-state index contributed by atoms with van der Waals surface area (Å²) < 4.78 is 7.68. The maximum Gasteiger partial charge on any atom is 0.261 e. The van der Waals surface area contributed by atoms with Gasteiger partial charge in [0.25, 0.3) is 5.91 Å². The third kappa shape index (κ3) is 6.33. The van der Waals surface area contributed by atoms with Crippen LogP contribution >= 0.6 is 31.9 Å². The minimum absolute atomic E-state index is 0.201. The fraction of sp³-hybridized carbons (Fsp3) is 0.172. The van der Waals surface area contributed by atoms with Gasteiger partial charge in [0.2, 0.25) is 5.91 Å². The largest absolute Gasteiger partial charge is 0.483 e. The van der Waals surface area contributed by atoms with Gasteiger partial charge in [-0.25, -0.2) is 0 Å². The van der Waals surface area contributed by atoms with E-state index in [2.05, 4.69) is 37.2 Å². The Hall–Kier alpha value is -3.16. The van der Waals surface area contributed by atoms with Gasteiger partial charge >= 0.3 is 0 Å². The third-order valence-corrected chi connectivity index (χ3v) is 7.25. The fourth-order valence-corrected chi connectivity index (χ4v) is 5.15. The van der Waals surface area contributed by atoms with Crippen molar-refractivity contribution < 1.29 is 14.3 Å². The molecule has 1 atom stereocenters. The number of ether oxygens (including phenoxy) is 1. The number of hydrogen-bond acceptors (Lipinski definition) is 3. The molecule has 1 N–H and O–H groups in total. The Morgan fingerprint density at radius 2 is 1.61 bits per heavy atom. The number of benzene rings is 4. The summed E-state index contributed by atoms with van der Waals surface area (Å²) in [6, 6.07) is 28.5. The highest BCUT2D eigenvalue weighted by atomic mass is 79.9. The normalized spacial score (nSPS) is 11.6. The summed E-state index contributed by atoms with van der Waals surface area (Å²) in [6.45, 7) is 0.0681. The quantitative estimate of drug-likeness (QED) is 0.248. The summed E-state index contributed by atoms with van der Waals surface area (Å²) in [5.41, 5.74) is 1.88. The number of likely N-dealkylation sites (N-methyl/N-ethyl adjacent to an activating group) is 1. The Morgan fingerprint density at radius 3 is 2.36 bits per heavy atom. The number of carbonyl (C=O) groups excluding carboxylic acids is 2. The van der Waals surface area contributed by atoms with E-state index in [4.69, 9.17) is 4.74 Å². The maximum absolute atomic E-state index is 13.6. The van der Waals surface area contributed by atoms with Crippen molar-refractivity contribution in [3.8, 4) is 5.75 Å². The second kappa shape index (κ2) is 12.2. The van der Waals surface area contributed by atoms with E-state index >= 15 is 0 Å². The van der Waals surface area contributed by atoms with Gasteiger partial charge < -0.3 is 15.0 Å². The van der Waals surface area contributed by atoms with Gasteiger partial charge in [0.1, 0.15) is 11.8 Å². The smallest absolute Gasteiger partial charge is 0.261 e. The molecule has 1 unspecified atom stereocenters. The molecule has 2 amide bonds. The highest BCUT2D eigenvalue weighted by Crippen LogP contribution is 2.33. The Bertz CT molecular complexity index is 1360. The van der Waals surface area contributed by atoms with Gasteiger partial charge in [0.15, 0.2) is 6.61 Å². The lowest BCUT2D eigenvalue weighted by Gasteiger charge is -2.31. The summed E-state index contributed by atoms with van der Waals surface area (Å²) in [6.07, 6.45) is 0.389. The molecule has 0 aliphatic carbocycles. The molecule has 4 aromatic carbocycles. The second-order valence-electron chi connectivity index (χ2n) is 8.36. The molecular weight excluding hydrogens is 584 g/mol.